The lowest BCUT2D eigenvalue weighted by Gasteiger charge is -2.18. The summed E-state index contributed by atoms with van der Waals surface area (Å²) in [6.07, 6.45) is -1.60. The van der Waals surface area contributed by atoms with Crippen LogP contribution < -0.4 is 0 Å². The van der Waals surface area contributed by atoms with Gasteiger partial charge in [-0.15, -0.1) is 0 Å². The van der Waals surface area contributed by atoms with E-state index in [1.165, 1.54) is 0 Å². The predicted octanol–water partition coefficient (Wildman–Crippen LogP) is 1.53. The normalized spacial score (nSPS) is 16.2. The zero-order valence-corrected chi connectivity index (χ0v) is 10.8. The highest BCUT2D eigenvalue weighted by Gasteiger charge is 2.10. The Bertz CT molecular complexity index is 208. The third-order valence-corrected chi connectivity index (χ3v) is 2.07. The fourth-order valence-corrected chi connectivity index (χ4v) is 0.952. The molecule has 17 heavy (non-hydrogen) atoms. The highest BCUT2D eigenvalue weighted by Crippen LogP contribution is 2.00. The van der Waals surface area contributed by atoms with Crippen LogP contribution in [0.4, 0.5) is 4.79 Å². The van der Waals surface area contributed by atoms with Crippen LogP contribution in [0, 0.1) is 0 Å². The molecule has 0 saturated heterocycles. The molecule has 0 heterocycles. The summed E-state index contributed by atoms with van der Waals surface area (Å²) in [5, 5.41) is 8.30. The average molecular weight is 250 g/mol. The van der Waals surface area contributed by atoms with Crippen molar-refractivity contribution in [1.29, 1.82) is 0 Å². The maximum atomic E-state index is 10.1. The van der Waals surface area contributed by atoms with Gasteiger partial charge in [0.25, 0.3) is 0 Å². The second-order valence-electron chi connectivity index (χ2n) is 3.91. The van der Waals surface area contributed by atoms with Crippen molar-refractivity contribution >= 4 is 6.16 Å². The fourth-order valence-electron chi connectivity index (χ4n) is 0.952. The second-order valence-corrected chi connectivity index (χ2v) is 3.91. The van der Waals surface area contributed by atoms with Gasteiger partial charge in [0.1, 0.15) is 6.61 Å². The van der Waals surface area contributed by atoms with Gasteiger partial charge in [-0.3, -0.25) is 0 Å². The van der Waals surface area contributed by atoms with E-state index in [4.69, 9.17) is 19.3 Å². The van der Waals surface area contributed by atoms with Crippen LogP contribution in [-0.4, -0.2) is 56.5 Å². The van der Waals surface area contributed by atoms with Crippen LogP contribution in [-0.2, 0) is 18.9 Å². The van der Waals surface area contributed by atoms with Crippen LogP contribution in [0.1, 0.15) is 20.8 Å². The Morgan fingerprint density at radius 3 is 1.94 bits per heavy atom. The molecule has 0 rings (SSSR count). The highest BCUT2D eigenvalue weighted by molar-refractivity contribution is 5.56. The molecular formula is C11H22O6. The minimum Gasteiger partial charge on any atom is -0.450 e. The maximum Gasteiger partial charge on any atom is 0.505 e. The van der Waals surface area contributed by atoms with E-state index in [-0.39, 0.29) is 24.9 Å². The molecule has 0 bridgehead atoms. The Morgan fingerprint density at radius 2 is 1.47 bits per heavy atom. The Morgan fingerprint density at radius 1 is 1.00 bits per heavy atom. The summed E-state index contributed by atoms with van der Waals surface area (Å²) in [6, 6.07) is 0. The van der Waals surface area contributed by atoms with Gasteiger partial charge in [-0.1, -0.05) is 0 Å². The third kappa shape index (κ3) is 10.0. The van der Waals surface area contributed by atoms with Crippen molar-refractivity contribution in [3.63, 3.8) is 0 Å². The number of hydrogen-bond acceptors (Lipinski definition) is 5. The van der Waals surface area contributed by atoms with Gasteiger partial charge in [0, 0.05) is 7.11 Å². The monoisotopic (exact) mass is 250 g/mol. The molecule has 0 aromatic rings. The van der Waals surface area contributed by atoms with Gasteiger partial charge in [-0.2, -0.15) is 0 Å². The molecule has 0 saturated carbocycles. The summed E-state index contributed by atoms with van der Waals surface area (Å²) in [7, 11) is 1.63. The molecule has 0 radical (unpaired) electrons. The van der Waals surface area contributed by atoms with Crippen molar-refractivity contribution in [1.82, 2.24) is 0 Å². The first-order chi connectivity index (χ1) is 7.95. The largest absolute Gasteiger partial charge is 0.505 e. The van der Waals surface area contributed by atoms with Gasteiger partial charge in [-0.25, -0.2) is 4.79 Å². The van der Waals surface area contributed by atoms with Gasteiger partial charge < -0.3 is 24.1 Å². The van der Waals surface area contributed by atoms with E-state index in [1.807, 2.05) is 13.8 Å². The molecule has 0 fully saturated rings. The van der Waals surface area contributed by atoms with Gasteiger partial charge in [0.2, 0.25) is 0 Å². The minimum atomic E-state index is -1.29. The summed E-state index contributed by atoms with van der Waals surface area (Å²) in [5.74, 6) is 0. The molecule has 0 aliphatic rings. The third-order valence-electron chi connectivity index (χ3n) is 2.07. The van der Waals surface area contributed by atoms with Gasteiger partial charge in [0.05, 0.1) is 31.5 Å². The molecule has 0 amide bonds. The van der Waals surface area contributed by atoms with Crippen LogP contribution in [0.2, 0.25) is 0 Å². The van der Waals surface area contributed by atoms with E-state index in [2.05, 4.69) is 4.74 Å². The van der Waals surface area contributed by atoms with Crippen molar-refractivity contribution in [2.75, 3.05) is 26.9 Å². The standard InChI is InChI=1S/C11H22O6/c1-8(14-4)5-15-9(2)6-16-10(3)7-17-11(12)13/h8-10H,5-7H2,1-4H3,(H,12,13). The average Bonchev–Trinajstić information content (AvgIpc) is 2.30. The maximum absolute atomic E-state index is 10.1. The summed E-state index contributed by atoms with van der Waals surface area (Å²) in [4.78, 5) is 10.1. The smallest absolute Gasteiger partial charge is 0.450 e. The lowest BCUT2D eigenvalue weighted by Crippen LogP contribution is -2.26. The van der Waals surface area contributed by atoms with Gasteiger partial charge in [-0.05, 0) is 20.8 Å². The highest BCUT2D eigenvalue weighted by atomic mass is 16.7. The number of carbonyl (C=O) groups is 1. The molecule has 0 aromatic carbocycles. The van der Waals surface area contributed by atoms with E-state index in [9.17, 15) is 4.79 Å². The molecule has 0 spiro atoms. The molecule has 3 unspecified atom stereocenters. The predicted molar refractivity (Wildman–Crippen MR) is 61.3 cm³/mol. The summed E-state index contributed by atoms with van der Waals surface area (Å²) in [5.41, 5.74) is 0. The first-order valence-electron chi connectivity index (χ1n) is 5.57. The molecule has 6 nitrogen and oxygen atoms in total. The number of methoxy groups -OCH3 is 1. The Balaban J connectivity index is 3.54. The van der Waals surface area contributed by atoms with Crippen molar-refractivity contribution in [2.45, 2.75) is 39.1 Å². The molecule has 6 heteroatoms. The molecule has 0 aliphatic heterocycles. The molecule has 102 valence electrons. The first kappa shape index (κ1) is 16.1. The van der Waals surface area contributed by atoms with Crippen LogP contribution in [0.25, 0.3) is 0 Å². The van der Waals surface area contributed by atoms with Crippen LogP contribution in [0.5, 0.6) is 0 Å². The topological polar surface area (TPSA) is 74.2 Å². The van der Waals surface area contributed by atoms with Crippen molar-refractivity contribution in [2.24, 2.45) is 0 Å². The first-order valence-corrected chi connectivity index (χ1v) is 5.57. The van der Waals surface area contributed by atoms with Crippen LogP contribution in [0.3, 0.4) is 0 Å². The van der Waals surface area contributed by atoms with Crippen LogP contribution in [0.15, 0.2) is 0 Å². The lowest BCUT2D eigenvalue weighted by atomic mass is 10.4. The van der Waals surface area contributed by atoms with Crippen LogP contribution >= 0.6 is 0 Å². The SMILES string of the molecule is COC(C)COC(C)COC(C)COC(=O)O. The summed E-state index contributed by atoms with van der Waals surface area (Å²) >= 11 is 0. The quantitative estimate of drug-likeness (QED) is 0.625. The Hall–Kier alpha value is -0.850. The molecule has 0 aromatic heterocycles. The zero-order valence-electron chi connectivity index (χ0n) is 10.8. The van der Waals surface area contributed by atoms with E-state index in [0.29, 0.717) is 13.2 Å². The van der Waals surface area contributed by atoms with Crippen molar-refractivity contribution < 1.29 is 28.8 Å². The number of ether oxygens (including phenoxy) is 4. The number of rotatable bonds is 9. The van der Waals surface area contributed by atoms with Gasteiger partial charge in [0.15, 0.2) is 0 Å². The van der Waals surface area contributed by atoms with E-state index in [0.717, 1.165) is 0 Å². The number of hydrogen-bond donors (Lipinski definition) is 1. The zero-order chi connectivity index (χ0) is 13.3. The molecular weight excluding hydrogens is 228 g/mol. The lowest BCUT2D eigenvalue weighted by molar-refractivity contribution is -0.0706. The Labute approximate surface area is 102 Å². The summed E-state index contributed by atoms with van der Waals surface area (Å²) < 4.78 is 20.3. The molecule has 1 N–H and O–H groups in total. The fraction of sp³-hybridized carbons (Fsp3) is 0.909. The summed E-state index contributed by atoms with van der Waals surface area (Å²) in [6.45, 7) is 6.45. The van der Waals surface area contributed by atoms with Gasteiger partial charge >= 0.3 is 6.16 Å². The molecule has 3 atom stereocenters. The molecule has 0 aliphatic carbocycles. The Kier molecular flexibility index (Phi) is 8.75. The van der Waals surface area contributed by atoms with E-state index in [1.54, 1.807) is 14.0 Å². The second kappa shape index (κ2) is 9.21. The van der Waals surface area contributed by atoms with E-state index < -0.39 is 6.16 Å². The minimum absolute atomic E-state index is 0.0243. The van der Waals surface area contributed by atoms with E-state index >= 15 is 0 Å². The number of carboxylic acid groups (broad SMARTS) is 1. The van der Waals surface area contributed by atoms with Crippen molar-refractivity contribution in [3.8, 4) is 0 Å². The van der Waals surface area contributed by atoms with Crippen molar-refractivity contribution in [3.05, 3.63) is 0 Å².